The number of nitrogens with one attached hydrogen (secondary N) is 1. The highest BCUT2D eigenvalue weighted by atomic mass is 32.2. The van der Waals surface area contributed by atoms with Gasteiger partial charge >= 0.3 is 0 Å². The zero-order valence-electron chi connectivity index (χ0n) is 18.3. The SMILES string of the molecule is CCc1ccc(N2CC(c3nnc(NC(=O)CS(=O)(=O)c4ccc(C)cc4)s3)CC2=O)cc1. The molecule has 172 valence electrons. The number of nitrogens with zero attached hydrogens (tertiary/aromatic N) is 3. The molecular weight excluding hydrogens is 460 g/mol. The highest BCUT2D eigenvalue weighted by Crippen LogP contribution is 2.34. The Bertz CT molecular complexity index is 1270. The molecule has 1 aromatic heterocycles. The lowest BCUT2D eigenvalue weighted by Crippen LogP contribution is -2.24. The Morgan fingerprint density at radius 2 is 1.82 bits per heavy atom. The predicted octanol–water partition coefficient (Wildman–Crippen LogP) is 3.34. The number of hydrogen-bond donors (Lipinski definition) is 1. The zero-order valence-corrected chi connectivity index (χ0v) is 19.9. The van der Waals surface area contributed by atoms with Crippen molar-refractivity contribution in [1.82, 2.24) is 10.2 Å². The number of amides is 2. The molecule has 0 radical (unpaired) electrons. The van der Waals surface area contributed by atoms with Crippen LogP contribution in [0, 0.1) is 6.92 Å². The van der Waals surface area contributed by atoms with Gasteiger partial charge in [-0.15, -0.1) is 10.2 Å². The summed E-state index contributed by atoms with van der Waals surface area (Å²) in [5, 5.41) is 11.5. The molecule has 0 spiro atoms. The molecule has 1 aliphatic rings. The molecular formula is C23H24N4O4S2. The Hall–Kier alpha value is -3.11. The molecule has 0 aliphatic carbocycles. The van der Waals surface area contributed by atoms with Gasteiger partial charge in [0.25, 0.3) is 0 Å². The lowest BCUT2D eigenvalue weighted by molar-refractivity contribution is -0.117. The van der Waals surface area contributed by atoms with E-state index in [9.17, 15) is 18.0 Å². The zero-order chi connectivity index (χ0) is 23.6. The van der Waals surface area contributed by atoms with E-state index in [0.717, 1.165) is 29.0 Å². The smallest absolute Gasteiger partial charge is 0.241 e. The first-order chi connectivity index (χ1) is 15.7. The van der Waals surface area contributed by atoms with Crippen molar-refractivity contribution in [2.24, 2.45) is 0 Å². The monoisotopic (exact) mass is 484 g/mol. The van der Waals surface area contributed by atoms with Gasteiger partial charge in [0.1, 0.15) is 10.8 Å². The molecule has 2 amide bonds. The first kappa shape index (κ1) is 23.1. The van der Waals surface area contributed by atoms with Gasteiger partial charge in [-0.1, -0.05) is 48.1 Å². The van der Waals surface area contributed by atoms with E-state index in [0.29, 0.717) is 18.0 Å². The van der Waals surface area contributed by atoms with E-state index >= 15 is 0 Å². The standard InChI is InChI=1S/C23H24N4O4S2/c1-3-16-6-8-18(9-7-16)27-13-17(12-21(27)29)22-25-26-23(32-22)24-20(28)14-33(30,31)19-10-4-15(2)5-11-19/h4-11,17H,3,12-14H2,1-2H3,(H,24,26,28). The fourth-order valence-corrected chi connectivity index (χ4v) is 5.63. The van der Waals surface area contributed by atoms with Crippen molar-refractivity contribution in [2.45, 2.75) is 37.5 Å². The van der Waals surface area contributed by atoms with Crippen LogP contribution in [0.2, 0.25) is 0 Å². The van der Waals surface area contributed by atoms with E-state index in [-0.39, 0.29) is 21.9 Å². The quantitative estimate of drug-likeness (QED) is 0.551. The second kappa shape index (κ2) is 9.40. The lowest BCUT2D eigenvalue weighted by Gasteiger charge is -2.16. The van der Waals surface area contributed by atoms with Gasteiger partial charge in [0, 0.05) is 24.6 Å². The topological polar surface area (TPSA) is 109 Å². The number of hydrogen-bond acceptors (Lipinski definition) is 7. The van der Waals surface area contributed by atoms with Gasteiger partial charge in [0.2, 0.25) is 16.9 Å². The van der Waals surface area contributed by atoms with Gasteiger partial charge in [-0.05, 0) is 43.2 Å². The second-order valence-electron chi connectivity index (χ2n) is 7.99. The summed E-state index contributed by atoms with van der Waals surface area (Å²) in [6.45, 7) is 4.42. The molecule has 33 heavy (non-hydrogen) atoms. The number of anilines is 2. The average Bonchev–Trinajstić information content (AvgIpc) is 3.40. The molecule has 2 aromatic carbocycles. The lowest BCUT2D eigenvalue weighted by atomic mass is 10.1. The molecule has 2 heterocycles. The van der Waals surface area contributed by atoms with Crippen LogP contribution in [0.25, 0.3) is 0 Å². The molecule has 0 saturated carbocycles. The van der Waals surface area contributed by atoms with E-state index in [1.54, 1.807) is 17.0 Å². The Morgan fingerprint density at radius 1 is 1.12 bits per heavy atom. The van der Waals surface area contributed by atoms with Crippen molar-refractivity contribution < 1.29 is 18.0 Å². The molecule has 1 aliphatic heterocycles. The normalized spacial score (nSPS) is 16.2. The van der Waals surface area contributed by atoms with Gasteiger partial charge in [-0.3, -0.25) is 14.9 Å². The molecule has 3 aromatic rings. The Balaban J connectivity index is 1.39. The molecule has 1 atom stereocenters. The van der Waals surface area contributed by atoms with Crippen LogP contribution in [-0.2, 0) is 25.8 Å². The molecule has 1 saturated heterocycles. The summed E-state index contributed by atoms with van der Waals surface area (Å²) < 4.78 is 24.9. The maximum Gasteiger partial charge on any atom is 0.241 e. The number of aromatic nitrogens is 2. The Labute approximate surface area is 196 Å². The number of benzene rings is 2. The maximum atomic E-state index is 12.6. The van der Waals surface area contributed by atoms with Crippen molar-refractivity contribution in [2.75, 3.05) is 22.5 Å². The van der Waals surface area contributed by atoms with Crippen LogP contribution < -0.4 is 10.2 Å². The number of carbonyl (C=O) groups is 2. The van der Waals surface area contributed by atoms with Crippen molar-refractivity contribution in [3.8, 4) is 0 Å². The third-order valence-electron chi connectivity index (χ3n) is 5.52. The maximum absolute atomic E-state index is 12.6. The molecule has 8 nitrogen and oxygen atoms in total. The van der Waals surface area contributed by atoms with Crippen LogP contribution in [0.5, 0.6) is 0 Å². The Kier molecular flexibility index (Phi) is 6.57. The third-order valence-corrected chi connectivity index (χ3v) is 8.15. The highest BCUT2D eigenvalue weighted by molar-refractivity contribution is 7.92. The van der Waals surface area contributed by atoms with Crippen LogP contribution >= 0.6 is 11.3 Å². The average molecular weight is 485 g/mol. The summed E-state index contributed by atoms with van der Waals surface area (Å²) >= 11 is 1.16. The summed E-state index contributed by atoms with van der Waals surface area (Å²) in [6.07, 6.45) is 1.24. The van der Waals surface area contributed by atoms with Crippen molar-refractivity contribution in [1.29, 1.82) is 0 Å². The molecule has 1 unspecified atom stereocenters. The molecule has 4 rings (SSSR count). The van der Waals surface area contributed by atoms with Crippen LogP contribution in [0.4, 0.5) is 10.8 Å². The number of aryl methyl sites for hydroxylation is 2. The first-order valence-electron chi connectivity index (χ1n) is 10.6. The molecule has 10 heteroatoms. The largest absolute Gasteiger partial charge is 0.312 e. The summed E-state index contributed by atoms with van der Waals surface area (Å²) in [6, 6.07) is 14.3. The van der Waals surface area contributed by atoms with Crippen molar-refractivity contribution in [3.63, 3.8) is 0 Å². The number of sulfone groups is 1. The van der Waals surface area contributed by atoms with Gasteiger partial charge < -0.3 is 4.90 Å². The summed E-state index contributed by atoms with van der Waals surface area (Å²) in [5.74, 6) is -1.50. The predicted molar refractivity (Wildman–Crippen MR) is 127 cm³/mol. The molecule has 0 bridgehead atoms. The van der Waals surface area contributed by atoms with Crippen molar-refractivity contribution >= 4 is 43.8 Å². The van der Waals surface area contributed by atoms with E-state index < -0.39 is 21.5 Å². The van der Waals surface area contributed by atoms with Crippen LogP contribution in [0.1, 0.15) is 35.4 Å². The van der Waals surface area contributed by atoms with E-state index in [4.69, 9.17) is 0 Å². The van der Waals surface area contributed by atoms with E-state index in [1.165, 1.54) is 17.7 Å². The highest BCUT2D eigenvalue weighted by Gasteiger charge is 2.34. The number of carbonyl (C=O) groups excluding carboxylic acids is 2. The Morgan fingerprint density at radius 3 is 2.48 bits per heavy atom. The van der Waals surface area contributed by atoms with Gasteiger partial charge in [-0.2, -0.15) is 0 Å². The fourth-order valence-electron chi connectivity index (χ4n) is 3.64. The summed E-state index contributed by atoms with van der Waals surface area (Å²) in [4.78, 5) is 26.7. The van der Waals surface area contributed by atoms with Gasteiger partial charge in [0.15, 0.2) is 9.84 Å². The first-order valence-corrected chi connectivity index (χ1v) is 13.0. The second-order valence-corrected chi connectivity index (χ2v) is 11.0. The fraction of sp³-hybridized carbons (Fsp3) is 0.304. The van der Waals surface area contributed by atoms with Gasteiger partial charge in [-0.25, -0.2) is 8.42 Å². The van der Waals surface area contributed by atoms with Crippen LogP contribution in [-0.4, -0.2) is 42.7 Å². The van der Waals surface area contributed by atoms with E-state index in [1.807, 2.05) is 31.2 Å². The molecule has 1 N–H and O–H groups in total. The third kappa shape index (κ3) is 5.28. The minimum atomic E-state index is -3.76. The van der Waals surface area contributed by atoms with Crippen molar-refractivity contribution in [3.05, 3.63) is 64.7 Å². The number of rotatable bonds is 7. The minimum Gasteiger partial charge on any atom is -0.312 e. The van der Waals surface area contributed by atoms with Crippen LogP contribution in [0.15, 0.2) is 53.4 Å². The summed E-state index contributed by atoms with van der Waals surface area (Å²) in [5.41, 5.74) is 2.98. The van der Waals surface area contributed by atoms with Crippen LogP contribution in [0.3, 0.4) is 0 Å². The van der Waals surface area contributed by atoms with Gasteiger partial charge in [0.05, 0.1) is 4.90 Å². The molecule has 1 fully saturated rings. The summed E-state index contributed by atoms with van der Waals surface area (Å²) in [7, 11) is -3.76. The minimum absolute atomic E-state index is 0.00854. The van der Waals surface area contributed by atoms with E-state index in [2.05, 4.69) is 22.4 Å².